The van der Waals surface area contributed by atoms with Crippen LogP contribution in [0.2, 0.25) is 0 Å². The fourth-order valence-corrected chi connectivity index (χ4v) is 1.67. The molecule has 0 spiro atoms. The molecule has 1 aromatic rings. The number of hydrogen-bond donors (Lipinski definition) is 0. The highest BCUT2D eigenvalue weighted by molar-refractivity contribution is 5.41. The van der Waals surface area contributed by atoms with Gasteiger partial charge in [0.05, 0.1) is 7.11 Å². The number of aryl methyl sites for hydroxylation is 1. The van der Waals surface area contributed by atoms with Crippen molar-refractivity contribution in [2.24, 2.45) is 0 Å². The third-order valence-electron chi connectivity index (χ3n) is 3.10. The minimum Gasteiger partial charge on any atom is -0.496 e. The first-order chi connectivity index (χ1) is 6.15. The first-order valence-electron chi connectivity index (χ1n) is 4.81. The van der Waals surface area contributed by atoms with Crippen molar-refractivity contribution in [3.8, 4) is 5.75 Å². The van der Waals surface area contributed by atoms with Gasteiger partial charge in [0.25, 0.3) is 0 Å². The molecule has 1 saturated carbocycles. The zero-order chi connectivity index (χ0) is 9.47. The quantitative estimate of drug-likeness (QED) is 0.673. The van der Waals surface area contributed by atoms with Crippen LogP contribution in [0.1, 0.15) is 30.9 Å². The Morgan fingerprint density at radius 2 is 2.00 bits per heavy atom. The molecule has 0 aromatic heterocycles. The standard InChI is InChI=1S/C12H16O/c1-9-4-5-10(8-11(9)13-3)12(2)6-7-12/h4-5,8H,6-7H2,1-3H3. The van der Waals surface area contributed by atoms with Gasteiger partial charge in [-0.3, -0.25) is 0 Å². The van der Waals surface area contributed by atoms with E-state index in [2.05, 4.69) is 32.0 Å². The summed E-state index contributed by atoms with van der Waals surface area (Å²) in [5, 5.41) is 0. The van der Waals surface area contributed by atoms with Crippen molar-refractivity contribution in [1.82, 2.24) is 0 Å². The van der Waals surface area contributed by atoms with Crippen LogP contribution in [-0.2, 0) is 5.41 Å². The average Bonchev–Trinajstić information content (AvgIpc) is 2.86. The van der Waals surface area contributed by atoms with E-state index in [4.69, 9.17) is 4.74 Å². The molecular weight excluding hydrogens is 160 g/mol. The van der Waals surface area contributed by atoms with Gasteiger partial charge in [0.15, 0.2) is 0 Å². The molecule has 0 N–H and O–H groups in total. The molecule has 0 unspecified atom stereocenters. The zero-order valence-corrected chi connectivity index (χ0v) is 8.55. The lowest BCUT2D eigenvalue weighted by Gasteiger charge is -2.12. The molecule has 13 heavy (non-hydrogen) atoms. The van der Waals surface area contributed by atoms with Crippen LogP contribution >= 0.6 is 0 Å². The largest absolute Gasteiger partial charge is 0.496 e. The number of methoxy groups -OCH3 is 1. The minimum atomic E-state index is 0.445. The highest BCUT2D eigenvalue weighted by Crippen LogP contribution is 2.48. The van der Waals surface area contributed by atoms with E-state index in [0.717, 1.165) is 5.75 Å². The molecule has 0 bridgehead atoms. The Kier molecular flexibility index (Phi) is 1.83. The molecule has 1 aliphatic rings. The van der Waals surface area contributed by atoms with E-state index in [-0.39, 0.29) is 0 Å². The first kappa shape index (κ1) is 8.61. The molecule has 0 heterocycles. The topological polar surface area (TPSA) is 9.23 Å². The third-order valence-corrected chi connectivity index (χ3v) is 3.10. The van der Waals surface area contributed by atoms with Gasteiger partial charge < -0.3 is 4.74 Å². The van der Waals surface area contributed by atoms with Crippen molar-refractivity contribution in [1.29, 1.82) is 0 Å². The van der Waals surface area contributed by atoms with Gasteiger partial charge in [0, 0.05) is 0 Å². The molecule has 1 fully saturated rings. The second kappa shape index (κ2) is 2.76. The van der Waals surface area contributed by atoms with Crippen LogP contribution in [0.3, 0.4) is 0 Å². The van der Waals surface area contributed by atoms with Crippen LogP contribution in [0.15, 0.2) is 18.2 Å². The monoisotopic (exact) mass is 176 g/mol. The molecule has 1 aliphatic carbocycles. The molecule has 0 saturated heterocycles. The van der Waals surface area contributed by atoms with E-state index in [1.165, 1.54) is 24.0 Å². The second-order valence-electron chi connectivity index (χ2n) is 4.25. The van der Waals surface area contributed by atoms with Gasteiger partial charge in [-0.25, -0.2) is 0 Å². The predicted molar refractivity (Wildman–Crippen MR) is 54.3 cm³/mol. The maximum atomic E-state index is 5.31. The lowest BCUT2D eigenvalue weighted by atomic mass is 9.97. The molecule has 0 aliphatic heterocycles. The molecule has 0 radical (unpaired) electrons. The van der Waals surface area contributed by atoms with Crippen molar-refractivity contribution in [3.63, 3.8) is 0 Å². The lowest BCUT2D eigenvalue weighted by molar-refractivity contribution is 0.410. The Labute approximate surface area is 79.7 Å². The number of ether oxygens (including phenoxy) is 1. The summed E-state index contributed by atoms with van der Waals surface area (Å²) in [5.74, 6) is 1.02. The third kappa shape index (κ3) is 1.43. The number of rotatable bonds is 2. The minimum absolute atomic E-state index is 0.445. The van der Waals surface area contributed by atoms with E-state index in [9.17, 15) is 0 Å². The fraction of sp³-hybridized carbons (Fsp3) is 0.500. The Morgan fingerprint density at radius 3 is 2.54 bits per heavy atom. The van der Waals surface area contributed by atoms with Crippen LogP contribution < -0.4 is 4.74 Å². The molecule has 0 atom stereocenters. The predicted octanol–water partition coefficient (Wildman–Crippen LogP) is 3.06. The maximum absolute atomic E-state index is 5.31. The second-order valence-corrected chi connectivity index (χ2v) is 4.25. The van der Waals surface area contributed by atoms with Crippen molar-refractivity contribution in [2.75, 3.05) is 7.11 Å². The molecule has 2 rings (SSSR count). The van der Waals surface area contributed by atoms with Crippen molar-refractivity contribution in [3.05, 3.63) is 29.3 Å². The first-order valence-corrected chi connectivity index (χ1v) is 4.81. The summed E-state index contributed by atoms with van der Waals surface area (Å²) in [6, 6.07) is 6.56. The summed E-state index contributed by atoms with van der Waals surface area (Å²) in [4.78, 5) is 0. The Morgan fingerprint density at radius 1 is 1.31 bits per heavy atom. The molecule has 1 nitrogen and oxygen atoms in total. The van der Waals surface area contributed by atoms with E-state index in [1.54, 1.807) is 7.11 Å². The van der Waals surface area contributed by atoms with E-state index < -0.39 is 0 Å². The number of hydrogen-bond acceptors (Lipinski definition) is 1. The molecule has 70 valence electrons. The summed E-state index contributed by atoms with van der Waals surface area (Å²) in [7, 11) is 1.74. The van der Waals surface area contributed by atoms with Gasteiger partial charge in [-0.1, -0.05) is 19.1 Å². The van der Waals surface area contributed by atoms with Crippen molar-refractivity contribution >= 4 is 0 Å². The summed E-state index contributed by atoms with van der Waals surface area (Å²) in [6.07, 6.45) is 2.64. The van der Waals surface area contributed by atoms with E-state index >= 15 is 0 Å². The SMILES string of the molecule is COc1cc(C2(C)CC2)ccc1C. The van der Waals surface area contributed by atoms with E-state index in [1.807, 2.05) is 0 Å². The summed E-state index contributed by atoms with van der Waals surface area (Å²) in [5.41, 5.74) is 3.09. The lowest BCUT2D eigenvalue weighted by Crippen LogP contribution is -2.00. The van der Waals surface area contributed by atoms with Crippen LogP contribution in [0, 0.1) is 6.92 Å². The smallest absolute Gasteiger partial charge is 0.122 e. The molecular formula is C12H16O. The summed E-state index contributed by atoms with van der Waals surface area (Å²) < 4.78 is 5.31. The van der Waals surface area contributed by atoms with Crippen LogP contribution in [-0.4, -0.2) is 7.11 Å². The highest BCUT2D eigenvalue weighted by atomic mass is 16.5. The van der Waals surface area contributed by atoms with Crippen LogP contribution in [0.4, 0.5) is 0 Å². The zero-order valence-electron chi connectivity index (χ0n) is 8.55. The van der Waals surface area contributed by atoms with Crippen molar-refractivity contribution < 1.29 is 4.74 Å². The van der Waals surface area contributed by atoms with Gasteiger partial charge in [-0.2, -0.15) is 0 Å². The molecule has 1 heteroatoms. The number of benzene rings is 1. The van der Waals surface area contributed by atoms with Gasteiger partial charge in [-0.15, -0.1) is 0 Å². The van der Waals surface area contributed by atoms with Crippen LogP contribution in [0.25, 0.3) is 0 Å². The average molecular weight is 176 g/mol. The van der Waals surface area contributed by atoms with Gasteiger partial charge >= 0.3 is 0 Å². The molecule has 0 amide bonds. The molecule has 1 aromatic carbocycles. The summed E-state index contributed by atoms with van der Waals surface area (Å²) >= 11 is 0. The van der Waals surface area contributed by atoms with Gasteiger partial charge in [-0.05, 0) is 42.4 Å². The highest BCUT2D eigenvalue weighted by Gasteiger charge is 2.39. The Bertz CT molecular complexity index is 324. The van der Waals surface area contributed by atoms with Gasteiger partial charge in [0.1, 0.15) is 5.75 Å². The Hall–Kier alpha value is -0.980. The Balaban J connectivity index is 2.39. The summed E-state index contributed by atoms with van der Waals surface area (Å²) in [6.45, 7) is 4.40. The maximum Gasteiger partial charge on any atom is 0.122 e. The van der Waals surface area contributed by atoms with Gasteiger partial charge in [0.2, 0.25) is 0 Å². The van der Waals surface area contributed by atoms with Crippen molar-refractivity contribution in [2.45, 2.75) is 32.1 Å². The normalized spacial score (nSPS) is 18.4. The van der Waals surface area contributed by atoms with E-state index in [0.29, 0.717) is 5.41 Å². The van der Waals surface area contributed by atoms with Crippen LogP contribution in [0.5, 0.6) is 5.75 Å². The fourth-order valence-electron chi connectivity index (χ4n) is 1.67.